The second-order valence-electron chi connectivity index (χ2n) is 6.78. The minimum absolute atomic E-state index is 0.114. The largest absolute Gasteiger partial charge is 0.343 e. The van der Waals surface area contributed by atoms with Gasteiger partial charge in [-0.1, -0.05) is 27.2 Å². The summed E-state index contributed by atoms with van der Waals surface area (Å²) in [6, 6.07) is 0.255. The monoisotopic (exact) mass is 240 g/mol. The first kappa shape index (κ1) is 14.5. The third-order valence-electron chi connectivity index (χ3n) is 4.60. The van der Waals surface area contributed by atoms with Crippen LogP contribution < -0.4 is 5.73 Å². The van der Waals surface area contributed by atoms with Gasteiger partial charge < -0.3 is 10.6 Å². The number of rotatable bonds is 4. The van der Waals surface area contributed by atoms with Crippen LogP contribution >= 0.6 is 0 Å². The van der Waals surface area contributed by atoms with Crippen molar-refractivity contribution in [1.82, 2.24) is 4.90 Å². The summed E-state index contributed by atoms with van der Waals surface area (Å²) in [4.78, 5) is 14.2. The Kier molecular flexibility index (Phi) is 4.23. The summed E-state index contributed by atoms with van der Waals surface area (Å²) < 4.78 is 0. The molecule has 0 aromatic heterocycles. The van der Waals surface area contributed by atoms with Crippen LogP contribution in [0.5, 0.6) is 0 Å². The van der Waals surface area contributed by atoms with Crippen molar-refractivity contribution in [3.63, 3.8) is 0 Å². The zero-order chi connectivity index (χ0) is 13.3. The lowest BCUT2D eigenvalue weighted by Gasteiger charge is -2.43. The Morgan fingerprint density at radius 1 is 1.41 bits per heavy atom. The molecule has 1 rings (SSSR count). The highest BCUT2D eigenvalue weighted by molar-refractivity contribution is 5.77. The zero-order valence-corrected chi connectivity index (χ0v) is 12.0. The van der Waals surface area contributed by atoms with E-state index in [4.69, 9.17) is 5.73 Å². The average molecular weight is 240 g/mol. The van der Waals surface area contributed by atoms with Gasteiger partial charge in [0, 0.05) is 19.5 Å². The average Bonchev–Trinajstić information content (AvgIpc) is 2.19. The topological polar surface area (TPSA) is 46.3 Å². The SMILES string of the molecule is CC(N(C)C(=O)CC1(CN)CCC1)C(C)(C)C. The van der Waals surface area contributed by atoms with Gasteiger partial charge in [0.15, 0.2) is 0 Å². The molecule has 0 spiro atoms. The first-order chi connectivity index (χ1) is 7.72. The summed E-state index contributed by atoms with van der Waals surface area (Å²) in [6.45, 7) is 9.28. The van der Waals surface area contributed by atoms with E-state index in [1.165, 1.54) is 6.42 Å². The molecule has 0 aliphatic heterocycles. The summed E-state index contributed by atoms with van der Waals surface area (Å²) in [5.41, 5.74) is 6.05. The van der Waals surface area contributed by atoms with Crippen LogP contribution in [0.4, 0.5) is 0 Å². The lowest BCUT2D eigenvalue weighted by Crippen LogP contribution is -2.47. The molecule has 1 aliphatic rings. The molecule has 2 N–H and O–H groups in total. The zero-order valence-electron chi connectivity index (χ0n) is 12.0. The molecule has 3 nitrogen and oxygen atoms in total. The minimum Gasteiger partial charge on any atom is -0.343 e. The van der Waals surface area contributed by atoms with E-state index in [1.54, 1.807) is 0 Å². The van der Waals surface area contributed by atoms with Crippen LogP contribution in [0, 0.1) is 10.8 Å². The van der Waals surface area contributed by atoms with Crippen LogP contribution in [0.1, 0.15) is 53.4 Å². The predicted octanol–water partition coefficient (Wildman–Crippen LogP) is 2.40. The van der Waals surface area contributed by atoms with Crippen LogP contribution in [0.25, 0.3) is 0 Å². The molecule has 1 atom stereocenters. The van der Waals surface area contributed by atoms with Gasteiger partial charge in [-0.05, 0) is 37.1 Å². The quantitative estimate of drug-likeness (QED) is 0.820. The van der Waals surface area contributed by atoms with E-state index in [2.05, 4.69) is 27.7 Å². The molecule has 3 heteroatoms. The van der Waals surface area contributed by atoms with Crippen LogP contribution in [0.2, 0.25) is 0 Å². The van der Waals surface area contributed by atoms with E-state index in [0.717, 1.165) is 12.8 Å². The Morgan fingerprint density at radius 2 is 1.94 bits per heavy atom. The molecular weight excluding hydrogens is 212 g/mol. The summed E-state index contributed by atoms with van der Waals surface area (Å²) in [6.07, 6.45) is 4.09. The molecular formula is C14H28N2O. The molecule has 0 aromatic carbocycles. The Balaban J connectivity index is 2.58. The first-order valence-electron chi connectivity index (χ1n) is 6.68. The molecule has 1 amide bonds. The van der Waals surface area contributed by atoms with E-state index >= 15 is 0 Å². The van der Waals surface area contributed by atoms with Crippen molar-refractivity contribution in [2.24, 2.45) is 16.6 Å². The van der Waals surface area contributed by atoms with Gasteiger partial charge in [0.2, 0.25) is 5.91 Å². The van der Waals surface area contributed by atoms with E-state index in [0.29, 0.717) is 13.0 Å². The standard InChI is InChI=1S/C14H28N2O/c1-11(13(2,3)4)16(5)12(17)9-14(10-15)7-6-8-14/h11H,6-10,15H2,1-5H3. The maximum absolute atomic E-state index is 12.3. The second-order valence-corrected chi connectivity index (χ2v) is 6.78. The van der Waals surface area contributed by atoms with Crippen LogP contribution in [0.3, 0.4) is 0 Å². The van der Waals surface area contributed by atoms with Gasteiger partial charge in [-0.2, -0.15) is 0 Å². The number of amides is 1. The molecule has 0 radical (unpaired) electrons. The van der Waals surface area contributed by atoms with Crippen LogP contribution in [0.15, 0.2) is 0 Å². The highest BCUT2D eigenvalue weighted by atomic mass is 16.2. The summed E-state index contributed by atoms with van der Waals surface area (Å²) in [7, 11) is 1.92. The van der Waals surface area contributed by atoms with Crippen molar-refractivity contribution < 1.29 is 4.79 Å². The maximum Gasteiger partial charge on any atom is 0.223 e. The number of nitrogens with zero attached hydrogens (tertiary/aromatic N) is 1. The third kappa shape index (κ3) is 3.21. The van der Waals surface area contributed by atoms with Crippen LogP contribution in [-0.2, 0) is 4.79 Å². The lowest BCUT2D eigenvalue weighted by atomic mass is 9.66. The fourth-order valence-electron chi connectivity index (χ4n) is 2.37. The first-order valence-corrected chi connectivity index (χ1v) is 6.68. The van der Waals surface area contributed by atoms with Crippen molar-refractivity contribution in [1.29, 1.82) is 0 Å². The predicted molar refractivity (Wildman–Crippen MR) is 71.6 cm³/mol. The molecule has 1 saturated carbocycles. The Hall–Kier alpha value is -0.570. The van der Waals surface area contributed by atoms with Crippen molar-refractivity contribution in [2.75, 3.05) is 13.6 Å². The maximum atomic E-state index is 12.3. The molecule has 1 fully saturated rings. The van der Waals surface area contributed by atoms with Crippen molar-refractivity contribution in [3.05, 3.63) is 0 Å². The van der Waals surface area contributed by atoms with Gasteiger partial charge in [-0.15, -0.1) is 0 Å². The number of carbonyl (C=O) groups is 1. The molecule has 100 valence electrons. The molecule has 0 saturated heterocycles. The van der Waals surface area contributed by atoms with Crippen molar-refractivity contribution >= 4 is 5.91 Å². The smallest absolute Gasteiger partial charge is 0.223 e. The summed E-state index contributed by atoms with van der Waals surface area (Å²) in [5.74, 6) is 0.248. The Morgan fingerprint density at radius 3 is 2.24 bits per heavy atom. The molecule has 0 bridgehead atoms. The number of hydrogen-bond donors (Lipinski definition) is 1. The second kappa shape index (κ2) is 4.97. The van der Waals surface area contributed by atoms with Crippen molar-refractivity contribution in [2.45, 2.75) is 59.4 Å². The molecule has 1 aliphatic carbocycles. The molecule has 0 heterocycles. The molecule has 1 unspecified atom stereocenters. The highest BCUT2D eigenvalue weighted by Crippen LogP contribution is 2.43. The third-order valence-corrected chi connectivity index (χ3v) is 4.60. The fraction of sp³-hybridized carbons (Fsp3) is 0.929. The van der Waals surface area contributed by atoms with Gasteiger partial charge >= 0.3 is 0 Å². The highest BCUT2D eigenvalue weighted by Gasteiger charge is 2.39. The van der Waals surface area contributed by atoms with Gasteiger partial charge in [-0.25, -0.2) is 0 Å². The van der Waals surface area contributed by atoms with E-state index < -0.39 is 0 Å². The normalized spacial score (nSPS) is 20.6. The number of carbonyl (C=O) groups excluding carboxylic acids is 1. The number of hydrogen-bond acceptors (Lipinski definition) is 2. The van der Waals surface area contributed by atoms with Gasteiger partial charge in [0.05, 0.1) is 0 Å². The molecule has 17 heavy (non-hydrogen) atoms. The fourth-order valence-corrected chi connectivity index (χ4v) is 2.37. The van der Waals surface area contributed by atoms with E-state index in [-0.39, 0.29) is 22.8 Å². The van der Waals surface area contributed by atoms with Gasteiger partial charge in [0.1, 0.15) is 0 Å². The van der Waals surface area contributed by atoms with Crippen molar-refractivity contribution in [3.8, 4) is 0 Å². The Labute approximate surface area is 106 Å². The van der Waals surface area contributed by atoms with Gasteiger partial charge in [-0.3, -0.25) is 4.79 Å². The Bertz CT molecular complexity index is 271. The van der Waals surface area contributed by atoms with E-state index in [1.807, 2.05) is 11.9 Å². The molecule has 0 aromatic rings. The minimum atomic E-state index is 0.114. The summed E-state index contributed by atoms with van der Waals surface area (Å²) >= 11 is 0. The lowest BCUT2D eigenvalue weighted by molar-refractivity contribution is -0.137. The van der Waals surface area contributed by atoms with Gasteiger partial charge in [0.25, 0.3) is 0 Å². The van der Waals surface area contributed by atoms with Crippen LogP contribution in [-0.4, -0.2) is 30.4 Å². The number of nitrogens with two attached hydrogens (primary N) is 1. The summed E-state index contributed by atoms with van der Waals surface area (Å²) in [5, 5.41) is 0. The van der Waals surface area contributed by atoms with E-state index in [9.17, 15) is 4.79 Å².